The molecule has 0 aliphatic rings. The molecule has 0 N–H and O–H groups in total. The van der Waals surface area contributed by atoms with Crippen LogP contribution in [0.5, 0.6) is 0 Å². The average molecular weight is 130 g/mol. The lowest BCUT2D eigenvalue weighted by Crippen LogP contribution is -1.80. The fourth-order valence-electron chi connectivity index (χ4n) is 0.472. The fraction of sp³-hybridized carbons (Fsp3) is 0.429. The largest absolute Gasteiger partial charge is 0.299 e. The Bertz CT molecular complexity index is 107. The minimum Gasteiger partial charge on any atom is -0.299 e. The first-order valence-corrected chi connectivity index (χ1v) is 2.89. The maximum Gasteiger partial charge on any atom is 0.145 e. The molecule has 0 heterocycles. The van der Waals surface area contributed by atoms with Crippen molar-refractivity contribution in [2.45, 2.75) is 19.8 Å². The summed E-state index contributed by atoms with van der Waals surface area (Å²) in [5, 5.41) is 0. The molecule has 0 aromatic rings. The van der Waals surface area contributed by atoms with Gasteiger partial charge in [-0.15, -0.1) is 6.58 Å². The van der Waals surface area contributed by atoms with Crippen LogP contribution in [0.25, 0.3) is 0 Å². The van der Waals surface area contributed by atoms with Crippen LogP contribution in [0.4, 0.5) is 4.53 Å². The highest BCUT2D eigenvalue weighted by Gasteiger charge is 1.92. The second-order valence-electron chi connectivity index (χ2n) is 1.66. The normalized spacial score (nSPS) is 11.1. The molecule has 0 saturated heterocycles. The number of hydrogen-bond donors (Lipinski definition) is 0. The third-order valence-corrected chi connectivity index (χ3v) is 1.02. The second kappa shape index (κ2) is 5.35. The summed E-state index contributed by atoms with van der Waals surface area (Å²) in [6.07, 6.45) is 4.67. The Morgan fingerprint density at radius 1 is 1.78 bits per heavy atom. The zero-order chi connectivity index (χ0) is 7.11. The van der Waals surface area contributed by atoms with E-state index in [1.807, 2.05) is 0 Å². The molecular weight excluding hydrogens is 119 g/mol. The minimum atomic E-state index is 0.370. The fourth-order valence-corrected chi connectivity index (χ4v) is 0.472. The summed E-state index contributed by atoms with van der Waals surface area (Å²) in [4.78, 5) is 3.51. The van der Waals surface area contributed by atoms with Crippen molar-refractivity contribution in [1.82, 2.24) is 0 Å². The summed E-state index contributed by atoms with van der Waals surface area (Å²) in [5.74, 6) is 0.370. The van der Waals surface area contributed by atoms with E-state index < -0.39 is 0 Å². The smallest absolute Gasteiger partial charge is 0.145 e. The lowest BCUT2D eigenvalue weighted by Gasteiger charge is -1.94. The van der Waals surface area contributed by atoms with E-state index in [1.165, 1.54) is 0 Å². The van der Waals surface area contributed by atoms with Crippen LogP contribution in [0, 0.1) is 0 Å². The van der Waals surface area contributed by atoms with Crippen LogP contribution >= 0.6 is 0 Å². The highest BCUT2D eigenvalue weighted by molar-refractivity contribution is 4.90. The van der Waals surface area contributed by atoms with E-state index in [1.54, 1.807) is 19.1 Å². The van der Waals surface area contributed by atoms with Crippen LogP contribution in [0.1, 0.15) is 19.8 Å². The number of halogens is 1. The van der Waals surface area contributed by atoms with E-state index in [0.717, 1.165) is 6.42 Å². The summed E-state index contributed by atoms with van der Waals surface area (Å²) in [6.45, 7) is 5.23. The van der Waals surface area contributed by atoms with Gasteiger partial charge < -0.3 is 0 Å². The molecule has 2 heteroatoms. The van der Waals surface area contributed by atoms with E-state index in [9.17, 15) is 4.53 Å². The summed E-state index contributed by atoms with van der Waals surface area (Å²) < 4.78 is 11.4. The quantitative estimate of drug-likeness (QED) is 0.420. The van der Waals surface area contributed by atoms with Gasteiger partial charge in [0.1, 0.15) is 5.76 Å². The van der Waals surface area contributed by atoms with Crippen LogP contribution in [-0.2, 0) is 4.94 Å². The molecule has 0 saturated carbocycles. The molecule has 0 aliphatic carbocycles. The SMILES string of the molecule is C=CCC/C(=C\C)OF. The maximum absolute atomic E-state index is 11.4. The molecule has 52 valence electrons. The number of rotatable bonds is 4. The topological polar surface area (TPSA) is 9.23 Å². The summed E-state index contributed by atoms with van der Waals surface area (Å²) in [5.41, 5.74) is 0. The predicted molar refractivity (Wildman–Crippen MR) is 35.4 cm³/mol. The third-order valence-electron chi connectivity index (χ3n) is 1.02. The number of hydrogen-bond acceptors (Lipinski definition) is 1. The Hall–Kier alpha value is -0.790. The van der Waals surface area contributed by atoms with Gasteiger partial charge in [0.2, 0.25) is 0 Å². The Balaban J connectivity index is 3.44. The first-order chi connectivity index (χ1) is 4.35. The van der Waals surface area contributed by atoms with Crippen molar-refractivity contribution in [3.8, 4) is 0 Å². The first kappa shape index (κ1) is 8.21. The molecular formula is C7H11FO. The van der Waals surface area contributed by atoms with E-state index in [4.69, 9.17) is 0 Å². The van der Waals surface area contributed by atoms with Crippen molar-refractivity contribution >= 4 is 0 Å². The van der Waals surface area contributed by atoms with Crippen molar-refractivity contribution in [3.05, 3.63) is 24.5 Å². The molecule has 0 atom stereocenters. The minimum absolute atomic E-state index is 0.370. The zero-order valence-corrected chi connectivity index (χ0v) is 5.56. The van der Waals surface area contributed by atoms with E-state index in [-0.39, 0.29) is 0 Å². The van der Waals surface area contributed by atoms with Crippen molar-refractivity contribution in [2.75, 3.05) is 0 Å². The van der Waals surface area contributed by atoms with Gasteiger partial charge in [0, 0.05) is 10.9 Å². The Morgan fingerprint density at radius 3 is 2.78 bits per heavy atom. The van der Waals surface area contributed by atoms with Gasteiger partial charge in [0.05, 0.1) is 0 Å². The van der Waals surface area contributed by atoms with Crippen molar-refractivity contribution in [3.63, 3.8) is 0 Å². The highest BCUT2D eigenvalue weighted by Crippen LogP contribution is 2.06. The Morgan fingerprint density at radius 2 is 2.44 bits per heavy atom. The predicted octanol–water partition coefficient (Wildman–Crippen LogP) is 2.76. The lowest BCUT2D eigenvalue weighted by atomic mass is 10.2. The molecule has 1 nitrogen and oxygen atoms in total. The van der Waals surface area contributed by atoms with Crippen LogP contribution in [0.2, 0.25) is 0 Å². The van der Waals surface area contributed by atoms with Crippen molar-refractivity contribution < 1.29 is 9.47 Å². The molecule has 0 unspecified atom stereocenters. The Labute approximate surface area is 54.7 Å². The van der Waals surface area contributed by atoms with Crippen molar-refractivity contribution in [1.29, 1.82) is 0 Å². The van der Waals surface area contributed by atoms with Gasteiger partial charge in [-0.3, -0.25) is 4.94 Å². The highest BCUT2D eigenvalue weighted by atomic mass is 19.3. The second-order valence-corrected chi connectivity index (χ2v) is 1.66. The summed E-state index contributed by atoms with van der Waals surface area (Å²) in [6, 6.07) is 0. The maximum atomic E-state index is 11.4. The van der Waals surface area contributed by atoms with E-state index >= 15 is 0 Å². The van der Waals surface area contributed by atoms with Gasteiger partial charge in [-0.2, -0.15) is 0 Å². The van der Waals surface area contributed by atoms with Gasteiger partial charge in [-0.25, -0.2) is 0 Å². The van der Waals surface area contributed by atoms with Crippen LogP contribution in [-0.4, -0.2) is 0 Å². The van der Waals surface area contributed by atoms with Crippen molar-refractivity contribution in [2.24, 2.45) is 0 Å². The average Bonchev–Trinajstić information content (AvgIpc) is 1.91. The van der Waals surface area contributed by atoms with Crippen LogP contribution in [0.3, 0.4) is 0 Å². The van der Waals surface area contributed by atoms with Gasteiger partial charge in [-0.1, -0.05) is 6.08 Å². The van der Waals surface area contributed by atoms with Crippen LogP contribution < -0.4 is 0 Å². The lowest BCUT2D eigenvalue weighted by molar-refractivity contribution is -0.0868. The van der Waals surface area contributed by atoms with Gasteiger partial charge in [0.25, 0.3) is 0 Å². The van der Waals surface area contributed by atoms with Crippen LogP contribution in [0.15, 0.2) is 24.5 Å². The molecule has 0 aromatic heterocycles. The van der Waals surface area contributed by atoms with Gasteiger partial charge in [0.15, 0.2) is 0 Å². The molecule has 0 spiro atoms. The third kappa shape index (κ3) is 3.76. The molecule has 0 fully saturated rings. The summed E-state index contributed by atoms with van der Waals surface area (Å²) >= 11 is 0. The molecule has 0 aromatic carbocycles. The summed E-state index contributed by atoms with van der Waals surface area (Å²) in [7, 11) is 0. The monoisotopic (exact) mass is 130 g/mol. The standard InChI is InChI=1S/C7H11FO/c1-3-5-6-7(4-2)9-8/h3-4H,1,5-6H2,2H3/b7-4+. The van der Waals surface area contributed by atoms with E-state index in [0.29, 0.717) is 12.2 Å². The van der Waals surface area contributed by atoms with E-state index in [2.05, 4.69) is 11.5 Å². The van der Waals surface area contributed by atoms with Gasteiger partial charge >= 0.3 is 0 Å². The van der Waals surface area contributed by atoms with Gasteiger partial charge in [-0.05, 0) is 19.4 Å². The molecule has 0 bridgehead atoms. The molecule has 9 heavy (non-hydrogen) atoms. The molecule has 0 aliphatic heterocycles. The zero-order valence-electron chi connectivity index (χ0n) is 5.56. The molecule has 0 amide bonds. The molecule has 0 radical (unpaired) electrons. The molecule has 0 rings (SSSR count). The number of allylic oxidation sites excluding steroid dienone is 3. The Kier molecular flexibility index (Phi) is 4.88. The first-order valence-electron chi connectivity index (χ1n) is 2.89.